The van der Waals surface area contributed by atoms with Crippen molar-refractivity contribution >= 4 is 17.3 Å². The lowest BCUT2D eigenvalue weighted by atomic mass is 10.1. The topological polar surface area (TPSA) is 51.4 Å². The molecular formula is C13H18N4OS. The number of rotatable bonds is 1. The molecule has 2 rings (SSSR count). The van der Waals surface area contributed by atoms with Crippen molar-refractivity contribution in [3.63, 3.8) is 0 Å². The maximum atomic E-state index is 9.65. The molecule has 1 saturated heterocycles. The van der Waals surface area contributed by atoms with Crippen molar-refractivity contribution in [2.45, 2.75) is 26.2 Å². The Balaban J connectivity index is 2.01. The van der Waals surface area contributed by atoms with Crippen LogP contribution < -0.4 is 0 Å². The highest BCUT2D eigenvalue weighted by Gasteiger charge is 2.13. The first kappa shape index (κ1) is 13.9. The lowest BCUT2D eigenvalue weighted by molar-refractivity contribution is -0.00149. The van der Waals surface area contributed by atoms with Gasteiger partial charge in [0.05, 0.1) is 11.4 Å². The summed E-state index contributed by atoms with van der Waals surface area (Å²) in [6, 6.07) is 0. The Morgan fingerprint density at radius 1 is 1.21 bits per heavy atom. The fourth-order valence-corrected chi connectivity index (χ4v) is 2.26. The predicted molar refractivity (Wildman–Crippen MR) is 77.5 cm³/mol. The zero-order valence-corrected chi connectivity index (χ0v) is 11.8. The van der Waals surface area contributed by atoms with Crippen LogP contribution in [0.4, 0.5) is 0 Å². The normalized spacial score (nSPS) is 22.2. The molecule has 5 nitrogen and oxygen atoms in total. The second-order valence-corrected chi connectivity index (χ2v) is 4.91. The van der Waals surface area contributed by atoms with Gasteiger partial charge in [-0.05, 0) is 50.6 Å². The van der Waals surface area contributed by atoms with Crippen molar-refractivity contribution in [3.05, 3.63) is 35.8 Å². The average Bonchev–Trinajstić information content (AvgIpc) is 2.46. The Kier molecular flexibility index (Phi) is 4.81. The molecule has 0 aromatic carbocycles. The summed E-state index contributed by atoms with van der Waals surface area (Å²) in [7, 11) is 0. The summed E-state index contributed by atoms with van der Waals surface area (Å²) in [5.74, 6) is 0. The first-order valence-electron chi connectivity index (χ1n) is 6.43. The molecule has 0 spiro atoms. The number of likely N-dealkylation sites (tertiary alicyclic amines) is 1. The summed E-state index contributed by atoms with van der Waals surface area (Å²) < 4.78 is 0. The van der Waals surface area contributed by atoms with Gasteiger partial charge in [0, 0.05) is 19.3 Å². The SMILES string of the molecule is C/C(N=NC(=S)N1CCCCC1)=C1\C=CC=CN1O. The highest BCUT2D eigenvalue weighted by Crippen LogP contribution is 2.16. The number of azo groups is 1. The van der Waals surface area contributed by atoms with Gasteiger partial charge < -0.3 is 4.90 Å². The van der Waals surface area contributed by atoms with E-state index in [9.17, 15) is 5.21 Å². The van der Waals surface area contributed by atoms with Crippen LogP contribution in [0.2, 0.25) is 0 Å². The summed E-state index contributed by atoms with van der Waals surface area (Å²) in [6.07, 6.45) is 10.5. The molecule has 0 aromatic rings. The number of hydroxylamine groups is 2. The zero-order chi connectivity index (χ0) is 13.7. The molecule has 0 aromatic heterocycles. The molecule has 1 fully saturated rings. The highest BCUT2D eigenvalue weighted by atomic mass is 32.1. The largest absolute Gasteiger partial charge is 0.346 e. The van der Waals surface area contributed by atoms with Gasteiger partial charge in [-0.25, -0.2) is 5.06 Å². The van der Waals surface area contributed by atoms with E-state index in [-0.39, 0.29) is 0 Å². The van der Waals surface area contributed by atoms with Gasteiger partial charge in [-0.2, -0.15) is 5.11 Å². The third-order valence-corrected chi connectivity index (χ3v) is 3.46. The third kappa shape index (κ3) is 3.71. The molecule has 0 unspecified atom stereocenters. The lowest BCUT2D eigenvalue weighted by Crippen LogP contribution is -2.33. The number of allylic oxidation sites excluding steroid dienone is 4. The molecule has 0 amide bonds. The van der Waals surface area contributed by atoms with Crippen LogP contribution in [0.15, 0.2) is 46.1 Å². The van der Waals surface area contributed by atoms with Crippen molar-refractivity contribution in [1.29, 1.82) is 0 Å². The standard InChI is InChI=1S/C13H18N4OS/c1-11(12-7-3-6-10-17(12)18)14-15-13(19)16-8-4-2-5-9-16/h3,6-7,10,18H,2,4-5,8-9H2,1H3/b12-11-,15-14?. The maximum Gasteiger partial charge on any atom is 0.216 e. The molecule has 0 bridgehead atoms. The van der Waals surface area contributed by atoms with Crippen LogP contribution in [0.25, 0.3) is 0 Å². The molecule has 0 aliphatic carbocycles. The van der Waals surface area contributed by atoms with Crippen LogP contribution in [-0.2, 0) is 0 Å². The van der Waals surface area contributed by atoms with E-state index in [2.05, 4.69) is 15.1 Å². The first-order valence-corrected chi connectivity index (χ1v) is 6.84. The third-order valence-electron chi connectivity index (χ3n) is 3.12. The molecule has 0 radical (unpaired) electrons. The van der Waals surface area contributed by atoms with Gasteiger partial charge in [-0.15, -0.1) is 5.11 Å². The Hall–Kier alpha value is -1.53. The fraction of sp³-hybridized carbons (Fsp3) is 0.462. The minimum Gasteiger partial charge on any atom is -0.346 e. The molecular weight excluding hydrogens is 260 g/mol. The molecule has 19 heavy (non-hydrogen) atoms. The second kappa shape index (κ2) is 6.58. The first-order chi connectivity index (χ1) is 9.18. The predicted octanol–water partition coefficient (Wildman–Crippen LogP) is 3.22. The summed E-state index contributed by atoms with van der Waals surface area (Å²) >= 11 is 5.26. The summed E-state index contributed by atoms with van der Waals surface area (Å²) in [5.41, 5.74) is 1.23. The Bertz CT molecular complexity index is 461. The Morgan fingerprint density at radius 3 is 2.63 bits per heavy atom. The maximum absolute atomic E-state index is 9.65. The van der Waals surface area contributed by atoms with Gasteiger partial charge in [0.15, 0.2) is 0 Å². The van der Waals surface area contributed by atoms with Gasteiger partial charge in [0.1, 0.15) is 0 Å². The van der Waals surface area contributed by atoms with Crippen LogP contribution >= 0.6 is 12.2 Å². The molecule has 1 N–H and O–H groups in total. The lowest BCUT2D eigenvalue weighted by Gasteiger charge is -2.26. The zero-order valence-electron chi connectivity index (χ0n) is 11.0. The van der Waals surface area contributed by atoms with E-state index < -0.39 is 0 Å². The van der Waals surface area contributed by atoms with E-state index in [1.54, 1.807) is 25.3 Å². The van der Waals surface area contributed by atoms with Gasteiger partial charge in [-0.3, -0.25) is 5.21 Å². The average molecular weight is 278 g/mol. The quantitative estimate of drug-likeness (QED) is 0.591. The van der Waals surface area contributed by atoms with E-state index in [1.807, 2.05) is 6.08 Å². The van der Waals surface area contributed by atoms with Crippen LogP contribution in [0, 0.1) is 0 Å². The molecule has 2 aliphatic heterocycles. The summed E-state index contributed by atoms with van der Waals surface area (Å²) in [6.45, 7) is 3.72. The van der Waals surface area contributed by atoms with Crippen molar-refractivity contribution in [3.8, 4) is 0 Å². The Morgan fingerprint density at radius 2 is 1.95 bits per heavy atom. The molecule has 102 valence electrons. The second-order valence-electron chi connectivity index (χ2n) is 4.55. The monoisotopic (exact) mass is 278 g/mol. The molecule has 6 heteroatoms. The van der Waals surface area contributed by atoms with Crippen molar-refractivity contribution < 1.29 is 5.21 Å². The smallest absolute Gasteiger partial charge is 0.216 e. The number of thiocarbonyl (C=S) groups is 1. The number of nitrogens with zero attached hydrogens (tertiary/aromatic N) is 4. The van der Waals surface area contributed by atoms with Crippen LogP contribution in [0.5, 0.6) is 0 Å². The Labute approximate surface area is 118 Å². The van der Waals surface area contributed by atoms with Gasteiger partial charge >= 0.3 is 0 Å². The highest BCUT2D eigenvalue weighted by molar-refractivity contribution is 7.80. The van der Waals surface area contributed by atoms with E-state index >= 15 is 0 Å². The summed E-state index contributed by atoms with van der Waals surface area (Å²) in [4.78, 5) is 2.08. The van der Waals surface area contributed by atoms with Crippen LogP contribution in [-0.4, -0.2) is 33.4 Å². The van der Waals surface area contributed by atoms with Gasteiger partial charge in [0.2, 0.25) is 5.11 Å². The van der Waals surface area contributed by atoms with Gasteiger partial charge in [0.25, 0.3) is 0 Å². The minimum atomic E-state index is 0.527. The van der Waals surface area contributed by atoms with E-state index in [1.165, 1.54) is 6.42 Å². The fourth-order valence-electron chi connectivity index (χ4n) is 2.04. The molecule has 0 saturated carbocycles. The number of hydrogen-bond acceptors (Lipinski definition) is 4. The molecule has 2 aliphatic rings. The molecule has 2 heterocycles. The van der Waals surface area contributed by atoms with Crippen molar-refractivity contribution in [1.82, 2.24) is 9.96 Å². The van der Waals surface area contributed by atoms with E-state index in [0.717, 1.165) is 31.0 Å². The van der Waals surface area contributed by atoms with Gasteiger partial charge in [-0.1, -0.05) is 6.08 Å². The summed E-state index contributed by atoms with van der Waals surface area (Å²) in [5, 5.41) is 19.4. The number of piperidine rings is 1. The van der Waals surface area contributed by atoms with Crippen LogP contribution in [0.1, 0.15) is 26.2 Å². The van der Waals surface area contributed by atoms with Crippen LogP contribution in [0.3, 0.4) is 0 Å². The minimum absolute atomic E-state index is 0.527. The van der Waals surface area contributed by atoms with Crippen molar-refractivity contribution in [2.75, 3.05) is 13.1 Å². The molecule has 0 atom stereocenters. The van der Waals surface area contributed by atoms with E-state index in [4.69, 9.17) is 12.2 Å². The number of hydrogen-bond donors (Lipinski definition) is 1. The van der Waals surface area contributed by atoms with Crippen molar-refractivity contribution in [2.24, 2.45) is 10.2 Å². The van der Waals surface area contributed by atoms with E-state index in [0.29, 0.717) is 16.5 Å².